The second-order valence-electron chi connectivity index (χ2n) is 8.61. The predicted octanol–water partition coefficient (Wildman–Crippen LogP) is 6.92. The molecule has 4 heteroatoms. The molecule has 0 aliphatic carbocycles. The van der Waals surface area contributed by atoms with Crippen LogP contribution in [0.5, 0.6) is 5.75 Å². The summed E-state index contributed by atoms with van der Waals surface area (Å²) in [5.41, 5.74) is 3.70. The lowest BCUT2D eigenvalue weighted by atomic mass is 9.98. The van der Waals surface area contributed by atoms with Gasteiger partial charge in [-0.25, -0.2) is 0 Å². The lowest BCUT2D eigenvalue weighted by molar-refractivity contribution is -0.117. The molecule has 4 nitrogen and oxygen atoms in total. The van der Waals surface area contributed by atoms with Gasteiger partial charge >= 0.3 is 0 Å². The third kappa shape index (κ3) is 11.0. The van der Waals surface area contributed by atoms with Crippen LogP contribution in [0.2, 0.25) is 0 Å². The SMILES string of the molecule is CCCCCCC(=CC=CC(=O)N[C@H](C)CCCCc1cccnc1)c1ccc(OC)cc1. The molecule has 0 saturated carbocycles. The van der Waals surface area contributed by atoms with E-state index in [2.05, 4.69) is 48.4 Å². The molecule has 1 N–H and O–H groups in total. The van der Waals surface area contributed by atoms with E-state index < -0.39 is 0 Å². The Kier molecular flexibility index (Phi) is 12.7. The summed E-state index contributed by atoms with van der Waals surface area (Å²) < 4.78 is 5.28. The number of ether oxygens (including phenoxy) is 1. The minimum atomic E-state index is -0.0360. The van der Waals surface area contributed by atoms with Crippen molar-refractivity contribution in [3.8, 4) is 5.75 Å². The first-order chi connectivity index (χ1) is 16.1. The highest BCUT2D eigenvalue weighted by molar-refractivity contribution is 5.88. The molecule has 1 aromatic carbocycles. The number of amides is 1. The van der Waals surface area contributed by atoms with E-state index in [9.17, 15) is 4.79 Å². The number of benzene rings is 1. The molecule has 33 heavy (non-hydrogen) atoms. The Labute approximate surface area is 200 Å². The van der Waals surface area contributed by atoms with Gasteiger partial charge in [-0.15, -0.1) is 0 Å². The van der Waals surface area contributed by atoms with Crippen molar-refractivity contribution in [2.24, 2.45) is 0 Å². The van der Waals surface area contributed by atoms with Crippen molar-refractivity contribution in [1.82, 2.24) is 10.3 Å². The molecule has 1 atom stereocenters. The first kappa shape index (κ1) is 26.4. The minimum absolute atomic E-state index is 0.0360. The Morgan fingerprint density at radius 3 is 2.61 bits per heavy atom. The van der Waals surface area contributed by atoms with Crippen LogP contribution in [0.4, 0.5) is 0 Å². The molecule has 0 unspecified atom stereocenters. The number of carbonyl (C=O) groups excluding carboxylic acids is 1. The summed E-state index contributed by atoms with van der Waals surface area (Å²) in [4.78, 5) is 16.5. The van der Waals surface area contributed by atoms with Crippen LogP contribution in [0.3, 0.4) is 0 Å². The Bertz CT molecular complexity index is 857. The van der Waals surface area contributed by atoms with Gasteiger partial charge < -0.3 is 10.1 Å². The zero-order valence-corrected chi connectivity index (χ0v) is 20.6. The van der Waals surface area contributed by atoms with Crippen molar-refractivity contribution in [2.75, 3.05) is 7.11 Å². The van der Waals surface area contributed by atoms with Gasteiger partial charge in [0, 0.05) is 24.5 Å². The second kappa shape index (κ2) is 15.8. The smallest absolute Gasteiger partial charge is 0.244 e. The van der Waals surface area contributed by atoms with Crippen molar-refractivity contribution in [3.05, 3.63) is 78.1 Å². The van der Waals surface area contributed by atoms with Gasteiger partial charge in [-0.3, -0.25) is 9.78 Å². The highest BCUT2D eigenvalue weighted by Gasteiger charge is 2.05. The normalized spacial score (nSPS) is 12.6. The van der Waals surface area contributed by atoms with E-state index in [1.54, 1.807) is 19.4 Å². The highest BCUT2D eigenvalue weighted by Crippen LogP contribution is 2.24. The zero-order chi connectivity index (χ0) is 23.7. The average molecular weight is 449 g/mol. The summed E-state index contributed by atoms with van der Waals surface area (Å²) >= 11 is 0. The van der Waals surface area contributed by atoms with Crippen LogP contribution in [0.15, 0.2) is 67.0 Å². The molecule has 0 radical (unpaired) electrons. The molecule has 1 aromatic heterocycles. The monoisotopic (exact) mass is 448 g/mol. The number of nitrogens with one attached hydrogen (secondary N) is 1. The molecule has 0 spiro atoms. The van der Waals surface area contributed by atoms with Crippen molar-refractivity contribution in [1.29, 1.82) is 0 Å². The summed E-state index contributed by atoms with van der Waals surface area (Å²) in [6.07, 6.45) is 19.4. The molecule has 1 amide bonds. The number of hydrogen-bond donors (Lipinski definition) is 1. The number of hydrogen-bond acceptors (Lipinski definition) is 3. The second-order valence-corrected chi connectivity index (χ2v) is 8.61. The number of nitrogens with zero attached hydrogens (tertiary/aromatic N) is 1. The van der Waals surface area contributed by atoms with E-state index in [4.69, 9.17) is 4.74 Å². The van der Waals surface area contributed by atoms with Crippen molar-refractivity contribution >= 4 is 11.5 Å². The quantitative estimate of drug-likeness (QED) is 0.183. The van der Waals surface area contributed by atoms with Crippen LogP contribution >= 0.6 is 0 Å². The van der Waals surface area contributed by atoms with Crippen LogP contribution in [-0.4, -0.2) is 24.0 Å². The number of carbonyl (C=O) groups is 1. The Morgan fingerprint density at radius 2 is 1.91 bits per heavy atom. The number of rotatable bonds is 15. The van der Waals surface area contributed by atoms with Crippen LogP contribution in [0, 0.1) is 0 Å². The maximum Gasteiger partial charge on any atom is 0.244 e. The van der Waals surface area contributed by atoms with Gasteiger partial charge in [-0.2, -0.15) is 0 Å². The van der Waals surface area contributed by atoms with Gasteiger partial charge in [0.15, 0.2) is 0 Å². The molecule has 0 fully saturated rings. The Morgan fingerprint density at radius 1 is 1.09 bits per heavy atom. The van der Waals surface area contributed by atoms with E-state index in [1.807, 2.05) is 30.5 Å². The van der Waals surface area contributed by atoms with E-state index in [0.717, 1.165) is 44.3 Å². The summed E-state index contributed by atoms with van der Waals surface area (Å²) in [6.45, 7) is 4.30. The van der Waals surface area contributed by atoms with Crippen LogP contribution in [0.25, 0.3) is 5.57 Å². The van der Waals surface area contributed by atoms with Crippen molar-refractivity contribution in [2.45, 2.75) is 77.7 Å². The standard InChI is InChI=1S/C29H40N2O2/c1-4-5-6-7-15-26(27-18-20-28(33-3)21-19-27)16-10-17-29(32)31-24(2)12-8-9-13-25-14-11-22-30-23-25/h10-11,14,16-24H,4-9,12-13,15H2,1-3H3,(H,31,32)/t24-/m1/s1. The van der Waals surface area contributed by atoms with Crippen molar-refractivity contribution in [3.63, 3.8) is 0 Å². The predicted molar refractivity (Wildman–Crippen MR) is 138 cm³/mol. The molecule has 0 saturated heterocycles. The third-order valence-corrected chi connectivity index (χ3v) is 5.77. The van der Waals surface area contributed by atoms with E-state index in [0.29, 0.717) is 0 Å². The van der Waals surface area contributed by atoms with Gasteiger partial charge in [0.1, 0.15) is 5.75 Å². The largest absolute Gasteiger partial charge is 0.497 e. The highest BCUT2D eigenvalue weighted by atomic mass is 16.5. The molecule has 0 aliphatic heterocycles. The Balaban J connectivity index is 1.82. The Hall–Kier alpha value is -2.88. The lowest BCUT2D eigenvalue weighted by Gasteiger charge is -2.12. The van der Waals surface area contributed by atoms with E-state index in [-0.39, 0.29) is 11.9 Å². The van der Waals surface area contributed by atoms with Gasteiger partial charge in [-0.05, 0) is 73.9 Å². The van der Waals surface area contributed by atoms with E-state index in [1.165, 1.54) is 36.0 Å². The minimum Gasteiger partial charge on any atom is -0.497 e. The molecule has 2 rings (SSSR count). The van der Waals surface area contributed by atoms with Crippen LogP contribution in [0.1, 0.15) is 76.3 Å². The number of aromatic nitrogens is 1. The number of unbranched alkanes of at least 4 members (excludes halogenated alkanes) is 4. The topological polar surface area (TPSA) is 51.2 Å². The number of allylic oxidation sites excluding steroid dienone is 3. The molecule has 2 aromatic rings. The third-order valence-electron chi connectivity index (χ3n) is 5.77. The summed E-state index contributed by atoms with van der Waals surface area (Å²) in [7, 11) is 1.68. The molecule has 178 valence electrons. The maximum atomic E-state index is 12.4. The first-order valence-electron chi connectivity index (χ1n) is 12.3. The fraction of sp³-hybridized carbons (Fsp3) is 0.448. The lowest BCUT2D eigenvalue weighted by Crippen LogP contribution is -2.30. The van der Waals surface area contributed by atoms with Gasteiger partial charge in [0.25, 0.3) is 0 Å². The maximum absolute atomic E-state index is 12.4. The van der Waals surface area contributed by atoms with Crippen LogP contribution < -0.4 is 10.1 Å². The number of methoxy groups -OCH3 is 1. The summed E-state index contributed by atoms with van der Waals surface area (Å²) in [5, 5.41) is 3.08. The van der Waals surface area contributed by atoms with Crippen LogP contribution in [-0.2, 0) is 11.2 Å². The molecular formula is C29H40N2O2. The average Bonchev–Trinajstić information content (AvgIpc) is 2.84. The summed E-state index contributed by atoms with van der Waals surface area (Å²) in [6, 6.07) is 12.4. The number of pyridine rings is 1. The van der Waals surface area contributed by atoms with Crippen molar-refractivity contribution < 1.29 is 9.53 Å². The molecule has 0 bridgehead atoms. The van der Waals surface area contributed by atoms with E-state index >= 15 is 0 Å². The van der Waals surface area contributed by atoms with Gasteiger partial charge in [0.2, 0.25) is 5.91 Å². The summed E-state index contributed by atoms with van der Waals surface area (Å²) in [5.74, 6) is 0.819. The first-order valence-corrected chi connectivity index (χ1v) is 12.3. The van der Waals surface area contributed by atoms with Gasteiger partial charge in [0.05, 0.1) is 7.11 Å². The van der Waals surface area contributed by atoms with Gasteiger partial charge in [-0.1, -0.05) is 63.0 Å². The molecule has 1 heterocycles. The molecule has 0 aliphatic rings. The molecular weight excluding hydrogens is 408 g/mol. The fourth-order valence-electron chi connectivity index (χ4n) is 3.81. The number of aryl methyl sites for hydroxylation is 1. The fourth-order valence-corrected chi connectivity index (χ4v) is 3.81. The zero-order valence-electron chi connectivity index (χ0n) is 20.6.